The number of esters is 4. The van der Waals surface area contributed by atoms with E-state index in [4.69, 9.17) is 4.74 Å². The van der Waals surface area contributed by atoms with Crippen LogP contribution >= 0.6 is 15.9 Å². The van der Waals surface area contributed by atoms with Crippen molar-refractivity contribution in [3.63, 3.8) is 0 Å². The van der Waals surface area contributed by atoms with Gasteiger partial charge < -0.3 is 18.9 Å². The summed E-state index contributed by atoms with van der Waals surface area (Å²) in [7, 11) is 2.93. The number of carbonyl (C=O) groups excluding carboxylic acids is 4. The molecule has 1 aromatic carbocycles. The zero-order chi connectivity index (χ0) is 19.9. The van der Waals surface area contributed by atoms with Gasteiger partial charge >= 0.3 is 23.9 Å². The zero-order valence-corrected chi connectivity index (χ0v) is 16.0. The van der Waals surface area contributed by atoms with Crippen LogP contribution in [0.4, 0.5) is 0 Å². The molecule has 0 saturated heterocycles. The molecule has 0 unspecified atom stereocenters. The van der Waals surface area contributed by atoms with Crippen LogP contribution < -0.4 is 4.74 Å². The van der Waals surface area contributed by atoms with Gasteiger partial charge in [-0.3, -0.25) is 14.4 Å². The second-order valence-electron chi connectivity index (χ2n) is 5.01. The van der Waals surface area contributed by atoms with E-state index in [-0.39, 0.29) is 11.3 Å². The third-order valence-corrected chi connectivity index (χ3v) is 3.87. The van der Waals surface area contributed by atoms with Crippen molar-refractivity contribution in [3.05, 3.63) is 40.9 Å². The van der Waals surface area contributed by atoms with Gasteiger partial charge in [0.1, 0.15) is 5.75 Å². The summed E-state index contributed by atoms with van der Waals surface area (Å²) >= 11 is 3.23. The Morgan fingerprint density at radius 1 is 1.00 bits per heavy atom. The molecule has 140 valence electrons. The topological polar surface area (TPSA) is 105 Å². The number of hydrogen-bond acceptors (Lipinski definition) is 8. The van der Waals surface area contributed by atoms with Crippen molar-refractivity contribution >= 4 is 39.8 Å². The minimum Gasteiger partial charge on any atom is -0.468 e. The lowest BCUT2D eigenvalue weighted by Gasteiger charge is -2.25. The van der Waals surface area contributed by atoms with Gasteiger partial charge in [-0.05, 0) is 18.2 Å². The Kier molecular flexibility index (Phi) is 7.51. The first-order valence-electron chi connectivity index (χ1n) is 7.13. The zero-order valence-electron chi connectivity index (χ0n) is 14.4. The predicted molar refractivity (Wildman–Crippen MR) is 92.0 cm³/mol. The molecule has 0 aliphatic carbocycles. The second-order valence-corrected chi connectivity index (χ2v) is 5.92. The van der Waals surface area contributed by atoms with Crippen LogP contribution in [0.1, 0.15) is 6.42 Å². The highest BCUT2D eigenvalue weighted by Crippen LogP contribution is 2.32. The van der Waals surface area contributed by atoms with Crippen molar-refractivity contribution in [2.24, 2.45) is 5.41 Å². The Hall–Kier alpha value is -2.68. The van der Waals surface area contributed by atoms with Gasteiger partial charge in [-0.15, -0.1) is 0 Å². The average Bonchev–Trinajstić information content (AvgIpc) is 2.63. The van der Waals surface area contributed by atoms with Gasteiger partial charge in [-0.1, -0.05) is 28.6 Å². The van der Waals surface area contributed by atoms with E-state index in [1.54, 1.807) is 12.1 Å². The maximum absolute atomic E-state index is 12.2. The lowest BCUT2D eigenvalue weighted by Crippen LogP contribution is -2.49. The van der Waals surface area contributed by atoms with Crippen LogP contribution in [0.25, 0.3) is 0 Å². The molecule has 0 fully saturated rings. The number of ether oxygens (including phenoxy) is 4. The SMILES string of the molecule is C=C(CC(C(=O)OC)(C(=O)OC)C(=O)OC)C(=O)Oc1cccc(Br)c1. The summed E-state index contributed by atoms with van der Waals surface area (Å²) in [5.41, 5.74) is -2.85. The van der Waals surface area contributed by atoms with E-state index < -0.39 is 35.7 Å². The maximum atomic E-state index is 12.2. The minimum absolute atomic E-state index is 0.199. The molecule has 0 aliphatic rings. The van der Waals surface area contributed by atoms with Gasteiger partial charge in [0, 0.05) is 16.5 Å². The minimum atomic E-state index is -2.52. The Morgan fingerprint density at radius 2 is 1.50 bits per heavy atom. The second kappa shape index (κ2) is 9.14. The number of methoxy groups -OCH3 is 3. The van der Waals surface area contributed by atoms with Gasteiger partial charge in [0.15, 0.2) is 0 Å². The van der Waals surface area contributed by atoms with Crippen molar-refractivity contribution < 1.29 is 38.1 Å². The Bertz CT molecular complexity index is 699. The first-order valence-corrected chi connectivity index (χ1v) is 7.93. The smallest absolute Gasteiger partial charge is 0.338 e. The lowest BCUT2D eigenvalue weighted by atomic mass is 9.81. The molecule has 26 heavy (non-hydrogen) atoms. The Labute approximate surface area is 158 Å². The van der Waals surface area contributed by atoms with E-state index in [0.717, 1.165) is 21.3 Å². The highest BCUT2D eigenvalue weighted by Gasteiger charge is 2.57. The normalized spacial score (nSPS) is 10.5. The number of benzene rings is 1. The quantitative estimate of drug-likeness (QED) is 0.213. The molecule has 1 rings (SSSR count). The van der Waals surface area contributed by atoms with E-state index in [1.807, 2.05) is 0 Å². The molecule has 0 saturated carbocycles. The first kappa shape index (κ1) is 21.4. The molecule has 0 atom stereocenters. The molecule has 0 amide bonds. The van der Waals surface area contributed by atoms with Gasteiger partial charge in [-0.2, -0.15) is 0 Å². The molecule has 0 N–H and O–H groups in total. The molecule has 0 aliphatic heterocycles. The maximum Gasteiger partial charge on any atom is 0.338 e. The van der Waals surface area contributed by atoms with Crippen LogP contribution in [0, 0.1) is 5.41 Å². The third kappa shape index (κ3) is 4.48. The van der Waals surface area contributed by atoms with Crippen LogP contribution in [0.15, 0.2) is 40.9 Å². The first-order chi connectivity index (χ1) is 12.2. The number of rotatable bonds is 7. The predicted octanol–water partition coefficient (Wildman–Crippen LogP) is 1.81. The fourth-order valence-electron chi connectivity index (χ4n) is 2.09. The summed E-state index contributed by atoms with van der Waals surface area (Å²) in [5, 5.41) is 0. The third-order valence-electron chi connectivity index (χ3n) is 3.38. The Morgan fingerprint density at radius 3 is 1.92 bits per heavy atom. The monoisotopic (exact) mass is 428 g/mol. The summed E-state index contributed by atoms with van der Waals surface area (Å²) in [6.07, 6.45) is -0.730. The van der Waals surface area contributed by atoms with Crippen LogP contribution in [0.2, 0.25) is 0 Å². The fourth-order valence-corrected chi connectivity index (χ4v) is 2.47. The van der Waals surface area contributed by atoms with Crippen LogP contribution in [-0.2, 0) is 33.4 Å². The molecule has 9 heteroatoms. The Balaban J connectivity index is 3.14. The van der Waals surface area contributed by atoms with Crippen LogP contribution in [0.5, 0.6) is 5.75 Å². The van der Waals surface area contributed by atoms with Gasteiger partial charge in [-0.25, -0.2) is 4.79 Å². The van der Waals surface area contributed by atoms with Gasteiger partial charge in [0.2, 0.25) is 0 Å². The number of halogens is 1. The largest absolute Gasteiger partial charge is 0.468 e. The molecule has 1 aromatic rings. The molecular weight excluding hydrogens is 412 g/mol. The molecule has 0 aromatic heterocycles. The molecule has 0 spiro atoms. The van der Waals surface area contributed by atoms with Crippen molar-refractivity contribution in [2.45, 2.75) is 6.42 Å². The van der Waals surface area contributed by atoms with Crippen LogP contribution in [-0.4, -0.2) is 45.2 Å². The summed E-state index contributed by atoms with van der Waals surface area (Å²) in [5.74, 6) is -4.47. The van der Waals surface area contributed by atoms with Gasteiger partial charge in [0.05, 0.1) is 21.3 Å². The highest BCUT2D eigenvalue weighted by molar-refractivity contribution is 9.10. The number of carbonyl (C=O) groups is 4. The van der Waals surface area contributed by atoms with Crippen molar-refractivity contribution in [3.8, 4) is 5.75 Å². The lowest BCUT2D eigenvalue weighted by molar-refractivity contribution is -0.180. The number of hydrogen-bond donors (Lipinski definition) is 0. The fraction of sp³-hybridized carbons (Fsp3) is 0.294. The standard InChI is InChI=1S/C17H17BrO8/c1-10(13(19)26-12-7-5-6-11(18)8-12)9-17(14(20)23-2,15(21)24-3)16(22)25-4/h5-8H,1,9H2,2-4H3. The van der Waals surface area contributed by atoms with E-state index in [0.29, 0.717) is 4.47 Å². The van der Waals surface area contributed by atoms with E-state index >= 15 is 0 Å². The van der Waals surface area contributed by atoms with Crippen LogP contribution in [0.3, 0.4) is 0 Å². The summed E-state index contributed by atoms with van der Waals surface area (Å²) < 4.78 is 19.4. The van der Waals surface area contributed by atoms with Gasteiger partial charge in [0.25, 0.3) is 5.41 Å². The van der Waals surface area contributed by atoms with Crippen molar-refractivity contribution in [1.82, 2.24) is 0 Å². The molecular formula is C17H17BrO8. The molecule has 0 bridgehead atoms. The molecule has 0 radical (unpaired) electrons. The summed E-state index contributed by atoms with van der Waals surface area (Å²) in [4.78, 5) is 48.8. The molecule has 0 heterocycles. The van der Waals surface area contributed by atoms with E-state index in [1.165, 1.54) is 12.1 Å². The molecule has 8 nitrogen and oxygen atoms in total. The average molecular weight is 429 g/mol. The van der Waals surface area contributed by atoms with Crippen molar-refractivity contribution in [2.75, 3.05) is 21.3 Å². The summed E-state index contributed by atoms with van der Waals surface area (Å²) in [6.45, 7) is 3.50. The summed E-state index contributed by atoms with van der Waals surface area (Å²) in [6, 6.07) is 6.41. The highest BCUT2D eigenvalue weighted by atomic mass is 79.9. The van der Waals surface area contributed by atoms with E-state index in [2.05, 4.69) is 36.7 Å². The van der Waals surface area contributed by atoms with Crippen molar-refractivity contribution in [1.29, 1.82) is 0 Å². The van der Waals surface area contributed by atoms with E-state index in [9.17, 15) is 19.2 Å².